The number of hydrogen-bond donors (Lipinski definition) is 0. The third-order valence-electron chi connectivity index (χ3n) is 7.35. The van der Waals surface area contributed by atoms with Crippen LogP contribution in [0.3, 0.4) is 0 Å². The fraction of sp³-hybridized carbons (Fsp3) is 0.206. The molecule has 0 N–H and O–H groups in total. The van der Waals surface area contributed by atoms with Crippen molar-refractivity contribution >= 4 is 33.9 Å². The predicted molar refractivity (Wildman–Crippen MR) is 160 cm³/mol. The first kappa shape index (κ1) is 24.7. The molecular formula is C34H31N3Se. The molecule has 3 nitrogen and oxygen atoms in total. The molecule has 0 unspecified atom stereocenters. The van der Waals surface area contributed by atoms with E-state index in [0.29, 0.717) is 0 Å². The Morgan fingerprint density at radius 3 is 1.97 bits per heavy atom. The standard InChI is InChI=1S/C34H31N3Se/c1-20-10-13-24(14-11-20)28-16-21(2)18-30(36-28)34(5,6)31-19-22(3)17-29(37-31)27-9-7-8-25-26-15-12-23(4)35-33(26)38-32(25)27/h7-19H,1-6H3. The van der Waals surface area contributed by atoms with E-state index in [2.05, 4.69) is 120 Å². The van der Waals surface area contributed by atoms with E-state index in [9.17, 15) is 0 Å². The Balaban J connectivity index is 1.48. The van der Waals surface area contributed by atoms with E-state index in [0.717, 1.165) is 34.0 Å². The fourth-order valence-electron chi connectivity index (χ4n) is 5.09. The molecule has 6 aromatic rings. The van der Waals surface area contributed by atoms with Gasteiger partial charge in [0.25, 0.3) is 0 Å². The Labute approximate surface area is 230 Å². The van der Waals surface area contributed by atoms with Crippen molar-refractivity contribution in [1.82, 2.24) is 15.0 Å². The Kier molecular flexibility index (Phi) is 6.06. The van der Waals surface area contributed by atoms with Crippen LogP contribution in [0.25, 0.3) is 41.9 Å². The van der Waals surface area contributed by atoms with E-state index in [4.69, 9.17) is 15.0 Å². The van der Waals surface area contributed by atoms with Crippen LogP contribution in [0, 0.1) is 27.7 Å². The number of benzene rings is 2. The Morgan fingerprint density at radius 1 is 0.605 bits per heavy atom. The molecule has 4 heteroatoms. The van der Waals surface area contributed by atoms with Crippen molar-refractivity contribution in [1.29, 1.82) is 0 Å². The maximum atomic E-state index is 5.30. The van der Waals surface area contributed by atoms with Crippen molar-refractivity contribution in [3.05, 3.63) is 113 Å². The third kappa shape index (κ3) is 4.38. The molecule has 0 saturated heterocycles. The summed E-state index contributed by atoms with van der Waals surface area (Å²) in [5.41, 5.74) is 10.8. The molecule has 0 amide bonds. The van der Waals surface area contributed by atoms with Crippen LogP contribution in [-0.4, -0.2) is 29.5 Å². The SMILES string of the molecule is Cc1ccc(-c2cc(C)cc(C(C)(C)c3cc(C)cc(-c4cccc5c4[se]c4nc(C)ccc45)n3)n2)cc1. The molecule has 38 heavy (non-hydrogen) atoms. The van der Waals surface area contributed by atoms with E-state index >= 15 is 0 Å². The van der Waals surface area contributed by atoms with Gasteiger partial charge in [-0.2, -0.15) is 0 Å². The van der Waals surface area contributed by atoms with E-state index < -0.39 is 0 Å². The zero-order valence-electron chi connectivity index (χ0n) is 22.8. The van der Waals surface area contributed by atoms with E-state index in [1.54, 1.807) is 0 Å². The van der Waals surface area contributed by atoms with Crippen LogP contribution in [0.4, 0.5) is 0 Å². The van der Waals surface area contributed by atoms with Crippen molar-refractivity contribution in [2.75, 3.05) is 0 Å². The summed E-state index contributed by atoms with van der Waals surface area (Å²) in [4.78, 5) is 15.3. The predicted octanol–water partition coefficient (Wildman–Crippen LogP) is 8.13. The molecule has 0 saturated carbocycles. The van der Waals surface area contributed by atoms with Crippen molar-refractivity contribution in [3.63, 3.8) is 0 Å². The van der Waals surface area contributed by atoms with Gasteiger partial charge >= 0.3 is 218 Å². The summed E-state index contributed by atoms with van der Waals surface area (Å²) in [6.45, 7) is 13.0. The van der Waals surface area contributed by atoms with E-state index in [1.165, 1.54) is 41.7 Å². The summed E-state index contributed by atoms with van der Waals surface area (Å²) in [5.74, 6) is 0. The first-order chi connectivity index (χ1) is 18.2. The molecule has 0 radical (unpaired) electrons. The molecule has 188 valence electrons. The van der Waals surface area contributed by atoms with Crippen LogP contribution in [-0.2, 0) is 5.41 Å². The molecule has 4 aromatic heterocycles. The fourth-order valence-corrected chi connectivity index (χ4v) is 7.69. The number of hydrogen-bond acceptors (Lipinski definition) is 3. The van der Waals surface area contributed by atoms with Crippen LogP contribution in [0.15, 0.2) is 78.9 Å². The average molecular weight is 561 g/mol. The van der Waals surface area contributed by atoms with Gasteiger partial charge in [-0.05, 0) is 6.92 Å². The normalized spacial score (nSPS) is 11.9. The number of fused-ring (bicyclic) bond motifs is 3. The molecule has 2 aromatic carbocycles. The van der Waals surface area contributed by atoms with Gasteiger partial charge in [-0.1, -0.05) is 5.56 Å². The van der Waals surface area contributed by atoms with Crippen LogP contribution >= 0.6 is 0 Å². The minimum absolute atomic E-state index is 0.162. The molecule has 0 aliphatic heterocycles. The molecule has 0 aliphatic carbocycles. The summed E-state index contributed by atoms with van der Waals surface area (Å²) >= 11 is 0.162. The van der Waals surface area contributed by atoms with Gasteiger partial charge < -0.3 is 0 Å². The van der Waals surface area contributed by atoms with Crippen LogP contribution in [0.5, 0.6) is 0 Å². The molecular weight excluding hydrogens is 529 g/mol. The van der Waals surface area contributed by atoms with E-state index in [1.807, 2.05) is 0 Å². The minimum atomic E-state index is -0.364. The van der Waals surface area contributed by atoms with Gasteiger partial charge in [0.1, 0.15) is 0 Å². The molecule has 0 bridgehead atoms. The molecule has 0 fully saturated rings. The summed E-state index contributed by atoms with van der Waals surface area (Å²) in [5, 5.41) is 2.57. The van der Waals surface area contributed by atoms with Crippen molar-refractivity contribution in [2.24, 2.45) is 0 Å². The molecule has 0 spiro atoms. The average Bonchev–Trinajstić information content (AvgIpc) is 3.26. The van der Waals surface area contributed by atoms with Crippen LogP contribution in [0.1, 0.15) is 47.6 Å². The second-order valence-corrected chi connectivity index (χ2v) is 13.0. The molecule has 0 atom stereocenters. The Bertz CT molecular complexity index is 1830. The monoisotopic (exact) mass is 561 g/mol. The second-order valence-electron chi connectivity index (χ2n) is 10.9. The van der Waals surface area contributed by atoms with Gasteiger partial charge in [-0.25, -0.2) is 0 Å². The van der Waals surface area contributed by atoms with Gasteiger partial charge in [0, 0.05) is 0 Å². The summed E-state index contributed by atoms with van der Waals surface area (Å²) in [6.07, 6.45) is 0. The quantitative estimate of drug-likeness (QED) is 0.204. The van der Waals surface area contributed by atoms with Gasteiger partial charge in [-0.3, -0.25) is 0 Å². The number of nitrogens with zero attached hydrogens (tertiary/aromatic N) is 3. The van der Waals surface area contributed by atoms with Crippen molar-refractivity contribution in [3.8, 4) is 22.5 Å². The van der Waals surface area contributed by atoms with Gasteiger partial charge in [0.15, 0.2) is 0 Å². The van der Waals surface area contributed by atoms with E-state index in [-0.39, 0.29) is 19.9 Å². The Morgan fingerprint density at radius 2 is 1.26 bits per heavy atom. The van der Waals surface area contributed by atoms with Crippen molar-refractivity contribution in [2.45, 2.75) is 47.0 Å². The summed E-state index contributed by atoms with van der Waals surface area (Å²) in [6, 6.07) is 28.4. The topological polar surface area (TPSA) is 38.7 Å². The summed E-state index contributed by atoms with van der Waals surface area (Å²) in [7, 11) is 0. The van der Waals surface area contributed by atoms with Gasteiger partial charge in [0.2, 0.25) is 0 Å². The third-order valence-corrected chi connectivity index (χ3v) is 9.76. The number of aromatic nitrogens is 3. The van der Waals surface area contributed by atoms with Crippen LogP contribution < -0.4 is 0 Å². The maximum absolute atomic E-state index is 5.30. The molecule has 0 aliphatic rings. The summed E-state index contributed by atoms with van der Waals surface area (Å²) < 4.78 is 2.60. The van der Waals surface area contributed by atoms with Gasteiger partial charge in [-0.15, -0.1) is 0 Å². The van der Waals surface area contributed by atoms with Crippen LogP contribution in [0.2, 0.25) is 0 Å². The second kappa shape index (κ2) is 9.31. The zero-order valence-corrected chi connectivity index (χ0v) is 24.5. The first-order valence-corrected chi connectivity index (χ1v) is 14.7. The first-order valence-electron chi connectivity index (χ1n) is 13.0. The number of aryl methyl sites for hydroxylation is 4. The van der Waals surface area contributed by atoms with Gasteiger partial charge in [0.05, 0.1) is 0 Å². The van der Waals surface area contributed by atoms with Crippen molar-refractivity contribution < 1.29 is 0 Å². The Hall–Kier alpha value is -3.59. The number of pyridine rings is 3. The zero-order chi connectivity index (χ0) is 26.6. The number of rotatable bonds is 4. The molecule has 6 rings (SSSR count). The molecule has 4 heterocycles.